The normalized spacial score (nSPS) is 16.0. The first-order valence-corrected chi connectivity index (χ1v) is 4.79. The van der Waals surface area contributed by atoms with Gasteiger partial charge in [-0.2, -0.15) is 0 Å². The lowest BCUT2D eigenvalue weighted by Gasteiger charge is -2.26. The Bertz CT molecular complexity index is 83.8. The Labute approximate surface area is 76.3 Å². The highest BCUT2D eigenvalue weighted by atomic mass is 15.0. The second kappa shape index (κ2) is 7.53. The van der Waals surface area contributed by atoms with Gasteiger partial charge >= 0.3 is 0 Å². The van der Waals surface area contributed by atoms with Gasteiger partial charge in [0.25, 0.3) is 0 Å². The molecule has 0 bridgehead atoms. The molecule has 0 amide bonds. The third-order valence-corrected chi connectivity index (χ3v) is 2.25. The van der Waals surface area contributed by atoms with Crippen molar-refractivity contribution in [3.05, 3.63) is 0 Å². The lowest BCUT2D eigenvalue weighted by atomic mass is 10.0. The van der Waals surface area contributed by atoms with E-state index in [0.717, 1.165) is 6.54 Å². The van der Waals surface area contributed by atoms with Crippen molar-refractivity contribution in [2.45, 2.75) is 31.8 Å². The Hall–Kier alpha value is -0.120. The van der Waals surface area contributed by atoms with Gasteiger partial charge < -0.3 is 16.0 Å². The molecule has 0 aliphatic carbocycles. The molecule has 0 spiro atoms. The first-order valence-electron chi connectivity index (χ1n) is 4.79. The highest BCUT2D eigenvalue weighted by Crippen LogP contribution is 2.00. The van der Waals surface area contributed by atoms with E-state index in [0.29, 0.717) is 12.1 Å². The summed E-state index contributed by atoms with van der Waals surface area (Å²) in [5, 5.41) is 9.84. The summed E-state index contributed by atoms with van der Waals surface area (Å²) in [6.07, 6.45) is 2.46. The summed E-state index contributed by atoms with van der Waals surface area (Å²) >= 11 is 0. The molecule has 3 heteroatoms. The zero-order valence-electron chi connectivity index (χ0n) is 8.78. The van der Waals surface area contributed by atoms with Gasteiger partial charge in [-0.25, -0.2) is 0 Å². The summed E-state index contributed by atoms with van der Waals surface area (Å²) in [4.78, 5) is 0. The van der Waals surface area contributed by atoms with Crippen LogP contribution in [-0.2, 0) is 0 Å². The van der Waals surface area contributed by atoms with Crippen LogP contribution in [0, 0.1) is 0 Å². The Morgan fingerprint density at radius 3 is 1.92 bits per heavy atom. The molecule has 3 N–H and O–H groups in total. The van der Waals surface area contributed by atoms with Crippen molar-refractivity contribution in [3.8, 4) is 0 Å². The van der Waals surface area contributed by atoms with E-state index in [-0.39, 0.29) is 0 Å². The number of hydrogen-bond acceptors (Lipinski definition) is 3. The van der Waals surface area contributed by atoms with E-state index in [9.17, 15) is 0 Å². The van der Waals surface area contributed by atoms with Gasteiger partial charge in [-0.15, -0.1) is 0 Å². The van der Waals surface area contributed by atoms with Gasteiger partial charge in [0, 0.05) is 18.6 Å². The standard InChI is InChI=1S/C9H23N3/c1-5-6-8(11-3)9(12-4)7-10-2/h8-12H,5-7H2,1-4H3. The van der Waals surface area contributed by atoms with Crippen LogP contribution in [0.2, 0.25) is 0 Å². The van der Waals surface area contributed by atoms with E-state index >= 15 is 0 Å². The Kier molecular flexibility index (Phi) is 7.45. The zero-order chi connectivity index (χ0) is 9.40. The predicted octanol–water partition coefficient (Wildman–Crippen LogP) is 0.182. The average Bonchev–Trinajstić information content (AvgIpc) is 2.11. The number of likely N-dealkylation sites (N-methyl/N-ethyl adjacent to an activating group) is 3. The van der Waals surface area contributed by atoms with E-state index in [4.69, 9.17) is 0 Å². The van der Waals surface area contributed by atoms with Crippen molar-refractivity contribution in [2.24, 2.45) is 0 Å². The third kappa shape index (κ3) is 4.04. The molecule has 0 aromatic heterocycles. The second-order valence-electron chi connectivity index (χ2n) is 3.14. The SMILES string of the molecule is CCCC(NC)C(CNC)NC. The largest absolute Gasteiger partial charge is 0.318 e. The summed E-state index contributed by atoms with van der Waals surface area (Å²) in [5.74, 6) is 0. The van der Waals surface area contributed by atoms with Crippen LogP contribution in [0.1, 0.15) is 19.8 Å². The van der Waals surface area contributed by atoms with Crippen LogP contribution in [0.25, 0.3) is 0 Å². The molecule has 2 unspecified atom stereocenters. The molecule has 3 nitrogen and oxygen atoms in total. The fourth-order valence-corrected chi connectivity index (χ4v) is 1.52. The van der Waals surface area contributed by atoms with Gasteiger partial charge in [-0.1, -0.05) is 13.3 Å². The van der Waals surface area contributed by atoms with E-state index in [2.05, 4.69) is 22.9 Å². The summed E-state index contributed by atoms with van der Waals surface area (Å²) < 4.78 is 0. The lowest BCUT2D eigenvalue weighted by molar-refractivity contribution is 0.376. The summed E-state index contributed by atoms with van der Waals surface area (Å²) in [6, 6.07) is 1.10. The highest BCUT2D eigenvalue weighted by molar-refractivity contribution is 4.81. The molecule has 2 atom stereocenters. The molecule has 0 rings (SSSR count). The van der Waals surface area contributed by atoms with E-state index in [1.54, 1.807) is 0 Å². The zero-order valence-corrected chi connectivity index (χ0v) is 8.78. The van der Waals surface area contributed by atoms with Crippen LogP contribution in [0.3, 0.4) is 0 Å². The van der Waals surface area contributed by atoms with E-state index in [1.807, 2.05) is 21.1 Å². The maximum Gasteiger partial charge on any atom is 0.0343 e. The van der Waals surface area contributed by atoms with E-state index < -0.39 is 0 Å². The number of hydrogen-bond donors (Lipinski definition) is 3. The maximum atomic E-state index is 3.34. The predicted molar refractivity (Wildman–Crippen MR) is 54.5 cm³/mol. The van der Waals surface area contributed by atoms with Gasteiger partial charge in [0.2, 0.25) is 0 Å². The van der Waals surface area contributed by atoms with Crippen molar-refractivity contribution >= 4 is 0 Å². The quantitative estimate of drug-likeness (QED) is 0.514. The van der Waals surface area contributed by atoms with Crippen molar-refractivity contribution in [1.29, 1.82) is 0 Å². The van der Waals surface area contributed by atoms with E-state index in [1.165, 1.54) is 12.8 Å². The van der Waals surface area contributed by atoms with Crippen LogP contribution in [0.4, 0.5) is 0 Å². The van der Waals surface area contributed by atoms with Crippen LogP contribution >= 0.6 is 0 Å². The van der Waals surface area contributed by atoms with Crippen molar-refractivity contribution in [3.63, 3.8) is 0 Å². The van der Waals surface area contributed by atoms with Crippen LogP contribution in [-0.4, -0.2) is 39.8 Å². The maximum absolute atomic E-state index is 3.34. The minimum Gasteiger partial charge on any atom is -0.318 e. The van der Waals surface area contributed by atoms with Crippen LogP contribution < -0.4 is 16.0 Å². The molecule has 0 aromatic rings. The Morgan fingerprint density at radius 2 is 1.58 bits per heavy atom. The molecule has 0 saturated heterocycles. The Morgan fingerprint density at radius 1 is 1.00 bits per heavy atom. The lowest BCUT2D eigenvalue weighted by Crippen LogP contribution is -2.50. The molecule has 0 radical (unpaired) electrons. The smallest absolute Gasteiger partial charge is 0.0343 e. The molecule has 0 aliphatic heterocycles. The molecule has 0 aromatic carbocycles. The monoisotopic (exact) mass is 173 g/mol. The molecule has 0 aliphatic rings. The van der Waals surface area contributed by atoms with Gasteiger partial charge in [0.1, 0.15) is 0 Å². The van der Waals surface area contributed by atoms with Gasteiger partial charge in [0.05, 0.1) is 0 Å². The topological polar surface area (TPSA) is 36.1 Å². The number of nitrogens with one attached hydrogen (secondary N) is 3. The van der Waals surface area contributed by atoms with Gasteiger partial charge in [0.15, 0.2) is 0 Å². The molecule has 12 heavy (non-hydrogen) atoms. The minimum atomic E-state index is 0.528. The third-order valence-electron chi connectivity index (χ3n) is 2.25. The molecular weight excluding hydrogens is 150 g/mol. The molecule has 0 heterocycles. The number of rotatable bonds is 7. The highest BCUT2D eigenvalue weighted by Gasteiger charge is 2.15. The first-order chi connectivity index (χ1) is 5.79. The van der Waals surface area contributed by atoms with Crippen molar-refractivity contribution in [2.75, 3.05) is 27.7 Å². The van der Waals surface area contributed by atoms with Crippen molar-refractivity contribution < 1.29 is 0 Å². The summed E-state index contributed by atoms with van der Waals surface area (Å²) in [6.45, 7) is 3.23. The van der Waals surface area contributed by atoms with Gasteiger partial charge in [-0.3, -0.25) is 0 Å². The molecular formula is C9H23N3. The molecule has 0 fully saturated rings. The average molecular weight is 173 g/mol. The van der Waals surface area contributed by atoms with Crippen molar-refractivity contribution in [1.82, 2.24) is 16.0 Å². The fourth-order valence-electron chi connectivity index (χ4n) is 1.52. The molecule has 74 valence electrons. The molecule has 0 saturated carbocycles. The summed E-state index contributed by atoms with van der Waals surface area (Å²) in [5.41, 5.74) is 0. The van der Waals surface area contributed by atoms with Crippen LogP contribution in [0.15, 0.2) is 0 Å². The fraction of sp³-hybridized carbons (Fsp3) is 1.00. The second-order valence-corrected chi connectivity index (χ2v) is 3.14. The summed E-state index contributed by atoms with van der Waals surface area (Å²) in [7, 11) is 6.03. The minimum absolute atomic E-state index is 0.528. The first kappa shape index (κ1) is 11.9. The van der Waals surface area contributed by atoms with Crippen LogP contribution in [0.5, 0.6) is 0 Å². The van der Waals surface area contributed by atoms with Gasteiger partial charge in [-0.05, 0) is 27.6 Å². The Balaban J connectivity index is 3.84.